The predicted octanol–water partition coefficient (Wildman–Crippen LogP) is 2.92. The maximum absolute atomic E-state index is 11.4. The smallest absolute Gasteiger partial charge is 0.311 e. The van der Waals surface area contributed by atoms with Crippen LogP contribution in [0.5, 0.6) is 0 Å². The maximum atomic E-state index is 11.4. The minimum Gasteiger partial charge on any atom is -0.469 e. The molecule has 2 unspecified atom stereocenters. The highest BCUT2D eigenvalue weighted by Gasteiger charge is 2.37. The Morgan fingerprint density at radius 1 is 1.28 bits per heavy atom. The molecule has 0 spiro atoms. The summed E-state index contributed by atoms with van der Waals surface area (Å²) in [7, 11) is 1.37. The van der Waals surface area contributed by atoms with Crippen LogP contribution in [0.15, 0.2) is 36.5 Å². The van der Waals surface area contributed by atoms with Gasteiger partial charge in [0.15, 0.2) is 0 Å². The van der Waals surface area contributed by atoms with Crippen LogP contribution >= 0.6 is 0 Å². The van der Waals surface area contributed by atoms with Crippen molar-refractivity contribution < 1.29 is 9.53 Å². The summed E-state index contributed by atoms with van der Waals surface area (Å²) < 4.78 is 4.67. The van der Waals surface area contributed by atoms with E-state index in [0.717, 1.165) is 17.6 Å². The van der Waals surface area contributed by atoms with Crippen LogP contribution in [0.3, 0.4) is 0 Å². The Kier molecular flexibility index (Phi) is 4.26. The number of carbonyl (C=O) groups excluding carboxylic acids is 1. The molecule has 1 aromatic heterocycles. The van der Waals surface area contributed by atoms with Crippen molar-refractivity contribution >= 4 is 23.3 Å². The third-order valence-corrected chi connectivity index (χ3v) is 5.13. The molecule has 25 heavy (non-hydrogen) atoms. The lowest BCUT2D eigenvalue weighted by Gasteiger charge is -2.29. The molecule has 2 fully saturated rings. The largest absolute Gasteiger partial charge is 0.469 e. The number of benzene rings is 1. The lowest BCUT2D eigenvalue weighted by molar-refractivity contribution is -0.139. The zero-order valence-electron chi connectivity index (χ0n) is 14.3. The van der Waals surface area contributed by atoms with Crippen molar-refractivity contribution in [2.24, 2.45) is 5.92 Å². The van der Waals surface area contributed by atoms with Gasteiger partial charge < -0.3 is 15.0 Å². The molecule has 1 aliphatic heterocycles. The Hall–Kier alpha value is -2.63. The van der Waals surface area contributed by atoms with Gasteiger partial charge in [0.25, 0.3) is 0 Å². The van der Waals surface area contributed by atoms with Crippen LogP contribution in [0.2, 0.25) is 0 Å². The molecular formula is C19H22N4O2. The summed E-state index contributed by atoms with van der Waals surface area (Å²) in [6.07, 6.45) is 5.85. The lowest BCUT2D eigenvalue weighted by Crippen LogP contribution is -2.31. The Balaban J connectivity index is 1.43. The molecule has 1 saturated carbocycles. The van der Waals surface area contributed by atoms with Crippen molar-refractivity contribution in [3.05, 3.63) is 42.2 Å². The van der Waals surface area contributed by atoms with Gasteiger partial charge in [-0.25, -0.2) is 9.97 Å². The van der Waals surface area contributed by atoms with E-state index in [9.17, 15) is 4.79 Å². The zero-order valence-corrected chi connectivity index (χ0v) is 14.3. The fourth-order valence-electron chi connectivity index (χ4n) is 3.88. The van der Waals surface area contributed by atoms with Gasteiger partial charge in [0.1, 0.15) is 0 Å². The van der Waals surface area contributed by atoms with Crippen molar-refractivity contribution in [1.29, 1.82) is 0 Å². The Morgan fingerprint density at radius 2 is 2.12 bits per heavy atom. The quantitative estimate of drug-likeness (QED) is 0.846. The van der Waals surface area contributed by atoms with Crippen LogP contribution in [0.25, 0.3) is 0 Å². The number of ether oxygens (including phenoxy) is 1. The second-order valence-electron chi connectivity index (χ2n) is 6.78. The fraction of sp³-hybridized carbons (Fsp3) is 0.421. The summed E-state index contributed by atoms with van der Waals surface area (Å²) in [6, 6.07) is 10.9. The molecule has 2 heterocycles. The number of esters is 1. The van der Waals surface area contributed by atoms with Gasteiger partial charge >= 0.3 is 5.97 Å². The topological polar surface area (TPSA) is 67.3 Å². The van der Waals surface area contributed by atoms with Gasteiger partial charge in [-0.3, -0.25) is 4.79 Å². The van der Waals surface area contributed by atoms with Gasteiger partial charge in [0, 0.05) is 30.2 Å². The number of hydrogen-bond donors (Lipinski definition) is 1. The molecule has 1 N–H and O–H groups in total. The number of rotatable bonds is 5. The number of aromatic nitrogens is 2. The van der Waals surface area contributed by atoms with Crippen LogP contribution in [0, 0.1) is 5.92 Å². The highest BCUT2D eigenvalue weighted by atomic mass is 16.5. The van der Waals surface area contributed by atoms with E-state index in [4.69, 9.17) is 0 Å². The summed E-state index contributed by atoms with van der Waals surface area (Å²) in [4.78, 5) is 22.5. The van der Waals surface area contributed by atoms with E-state index in [0.29, 0.717) is 11.6 Å². The average molecular weight is 338 g/mol. The highest BCUT2D eigenvalue weighted by Crippen LogP contribution is 2.40. The number of methoxy groups -OCH3 is 1. The van der Waals surface area contributed by atoms with Crippen LogP contribution in [0.1, 0.15) is 25.0 Å². The maximum Gasteiger partial charge on any atom is 0.311 e. The second-order valence-corrected chi connectivity index (χ2v) is 6.78. The minimum atomic E-state index is -0.311. The third-order valence-electron chi connectivity index (χ3n) is 5.13. The lowest BCUT2D eigenvalue weighted by atomic mass is 10.1. The first-order valence-corrected chi connectivity index (χ1v) is 8.74. The van der Waals surface area contributed by atoms with E-state index in [1.54, 1.807) is 12.3 Å². The number of fused-ring (bicyclic) bond motifs is 2. The average Bonchev–Trinajstić information content (AvgIpc) is 3.26. The Bertz CT molecular complexity index is 762. The van der Waals surface area contributed by atoms with Crippen molar-refractivity contribution in [2.75, 3.05) is 23.9 Å². The van der Waals surface area contributed by atoms with Gasteiger partial charge in [0.05, 0.1) is 19.2 Å². The number of hydrogen-bond acceptors (Lipinski definition) is 6. The molecular weight excluding hydrogens is 316 g/mol. The van der Waals surface area contributed by atoms with E-state index in [2.05, 4.69) is 49.2 Å². The van der Waals surface area contributed by atoms with Crippen LogP contribution in [-0.4, -0.2) is 35.6 Å². The van der Waals surface area contributed by atoms with E-state index in [-0.39, 0.29) is 12.4 Å². The van der Waals surface area contributed by atoms with Crippen molar-refractivity contribution in [1.82, 2.24) is 9.97 Å². The standard InChI is InChI=1S/C19H22N4O2/c1-25-18(24)11-15-8-9-20-19(22-15)21-14-3-6-16(7-4-14)23-12-13-2-5-17(23)10-13/h3-4,6-9,13,17H,2,5,10-12H2,1H3,(H,20,21,22). The first-order chi connectivity index (χ1) is 12.2. The summed E-state index contributed by atoms with van der Waals surface area (Å²) in [5, 5.41) is 3.19. The molecule has 2 atom stereocenters. The van der Waals surface area contributed by atoms with Gasteiger partial charge in [-0.1, -0.05) is 0 Å². The number of nitrogens with one attached hydrogen (secondary N) is 1. The summed E-state index contributed by atoms with van der Waals surface area (Å²) >= 11 is 0. The van der Waals surface area contributed by atoms with Crippen LogP contribution < -0.4 is 10.2 Å². The van der Waals surface area contributed by atoms with Gasteiger partial charge in [-0.15, -0.1) is 0 Å². The first-order valence-electron chi connectivity index (χ1n) is 8.74. The second kappa shape index (κ2) is 6.70. The molecule has 6 nitrogen and oxygen atoms in total. The normalized spacial score (nSPS) is 21.4. The van der Waals surface area contributed by atoms with E-state index >= 15 is 0 Å². The van der Waals surface area contributed by atoms with E-state index in [1.165, 1.54) is 38.6 Å². The predicted molar refractivity (Wildman–Crippen MR) is 96.0 cm³/mol. The Morgan fingerprint density at radius 3 is 2.80 bits per heavy atom. The fourth-order valence-corrected chi connectivity index (χ4v) is 3.88. The molecule has 0 amide bonds. The molecule has 6 heteroatoms. The molecule has 1 aliphatic carbocycles. The summed E-state index contributed by atoms with van der Waals surface area (Å²) in [5.41, 5.74) is 2.86. The molecule has 2 bridgehead atoms. The van der Waals surface area contributed by atoms with E-state index in [1.807, 2.05) is 0 Å². The van der Waals surface area contributed by atoms with Crippen molar-refractivity contribution in [3.8, 4) is 0 Å². The molecule has 130 valence electrons. The monoisotopic (exact) mass is 338 g/mol. The molecule has 1 aromatic carbocycles. The zero-order chi connectivity index (χ0) is 17.2. The molecule has 2 aliphatic rings. The minimum absolute atomic E-state index is 0.143. The summed E-state index contributed by atoms with van der Waals surface area (Å²) in [5.74, 6) is 1.05. The summed E-state index contributed by atoms with van der Waals surface area (Å²) in [6.45, 7) is 1.19. The van der Waals surface area contributed by atoms with Crippen LogP contribution in [0.4, 0.5) is 17.3 Å². The number of piperidine rings is 1. The number of anilines is 3. The van der Waals surface area contributed by atoms with Crippen molar-refractivity contribution in [2.45, 2.75) is 31.7 Å². The highest BCUT2D eigenvalue weighted by molar-refractivity contribution is 5.72. The number of nitrogens with zero attached hydrogens (tertiary/aromatic N) is 3. The molecule has 0 radical (unpaired) electrons. The van der Waals surface area contributed by atoms with Crippen LogP contribution in [-0.2, 0) is 16.0 Å². The molecule has 2 aromatic rings. The first kappa shape index (κ1) is 15.9. The Labute approximate surface area is 147 Å². The van der Waals surface area contributed by atoms with E-state index < -0.39 is 0 Å². The van der Waals surface area contributed by atoms with Gasteiger partial charge in [0.2, 0.25) is 5.95 Å². The van der Waals surface area contributed by atoms with Gasteiger partial charge in [-0.05, 0) is 55.5 Å². The molecule has 4 rings (SSSR count). The van der Waals surface area contributed by atoms with Crippen molar-refractivity contribution in [3.63, 3.8) is 0 Å². The van der Waals surface area contributed by atoms with Gasteiger partial charge in [-0.2, -0.15) is 0 Å². The SMILES string of the molecule is COC(=O)Cc1ccnc(Nc2ccc(N3CC4CCC3C4)cc2)n1. The third kappa shape index (κ3) is 3.43. The number of carbonyl (C=O) groups is 1. The molecule has 1 saturated heterocycles.